The number of hydrogen-bond acceptors (Lipinski definition) is 4. The first-order valence-electron chi connectivity index (χ1n) is 5.81. The lowest BCUT2D eigenvalue weighted by Gasteiger charge is -2.13. The molecule has 3 nitrogen and oxygen atoms in total. The third-order valence-electron chi connectivity index (χ3n) is 2.25. The number of halogens is 1. The van der Waals surface area contributed by atoms with E-state index in [0.29, 0.717) is 11.2 Å². The van der Waals surface area contributed by atoms with Crippen LogP contribution in [0.15, 0.2) is 4.47 Å². The summed E-state index contributed by atoms with van der Waals surface area (Å²) in [5, 5.41) is 3.71. The van der Waals surface area contributed by atoms with Crippen molar-refractivity contribution in [1.29, 1.82) is 0 Å². The molecule has 0 aliphatic rings. The SMILES string of the molecule is CNc1nc(CSC(C)C)nc(C(C)C)c1Br. The first kappa shape index (κ1) is 14.8. The normalized spacial score (nSPS) is 11.3. The van der Waals surface area contributed by atoms with Gasteiger partial charge in [-0.2, -0.15) is 11.8 Å². The summed E-state index contributed by atoms with van der Waals surface area (Å²) in [4.78, 5) is 9.15. The minimum Gasteiger partial charge on any atom is -0.372 e. The zero-order chi connectivity index (χ0) is 13.0. The molecule has 0 aromatic carbocycles. The minimum atomic E-state index is 0.391. The zero-order valence-electron chi connectivity index (χ0n) is 11.0. The number of anilines is 1. The van der Waals surface area contributed by atoms with E-state index in [-0.39, 0.29) is 0 Å². The van der Waals surface area contributed by atoms with Crippen LogP contribution in [-0.2, 0) is 5.75 Å². The molecule has 0 atom stereocenters. The van der Waals surface area contributed by atoms with Gasteiger partial charge < -0.3 is 5.32 Å². The summed E-state index contributed by atoms with van der Waals surface area (Å²) >= 11 is 5.42. The monoisotopic (exact) mass is 317 g/mol. The minimum absolute atomic E-state index is 0.391. The molecule has 0 aliphatic heterocycles. The summed E-state index contributed by atoms with van der Waals surface area (Å²) in [5.74, 6) is 3.03. The van der Waals surface area contributed by atoms with Crippen molar-refractivity contribution in [3.63, 3.8) is 0 Å². The van der Waals surface area contributed by atoms with Crippen LogP contribution in [0.25, 0.3) is 0 Å². The highest BCUT2D eigenvalue weighted by Crippen LogP contribution is 2.29. The van der Waals surface area contributed by atoms with Crippen LogP contribution in [0.5, 0.6) is 0 Å². The lowest BCUT2D eigenvalue weighted by molar-refractivity contribution is 0.792. The van der Waals surface area contributed by atoms with E-state index in [1.807, 2.05) is 18.8 Å². The summed E-state index contributed by atoms with van der Waals surface area (Å²) in [6.07, 6.45) is 0. The maximum Gasteiger partial charge on any atom is 0.144 e. The maximum absolute atomic E-state index is 4.63. The largest absolute Gasteiger partial charge is 0.372 e. The number of rotatable bonds is 5. The van der Waals surface area contributed by atoms with Crippen LogP contribution in [0.1, 0.15) is 45.1 Å². The highest BCUT2D eigenvalue weighted by atomic mass is 79.9. The van der Waals surface area contributed by atoms with Gasteiger partial charge in [-0.05, 0) is 27.1 Å². The molecule has 17 heavy (non-hydrogen) atoms. The third kappa shape index (κ3) is 4.14. The molecule has 0 bridgehead atoms. The van der Waals surface area contributed by atoms with Gasteiger partial charge in [0.2, 0.25) is 0 Å². The van der Waals surface area contributed by atoms with Gasteiger partial charge in [0.1, 0.15) is 11.6 Å². The highest BCUT2D eigenvalue weighted by molar-refractivity contribution is 9.10. The number of hydrogen-bond donors (Lipinski definition) is 1. The van der Waals surface area contributed by atoms with Gasteiger partial charge in [0.25, 0.3) is 0 Å². The quantitative estimate of drug-likeness (QED) is 0.889. The highest BCUT2D eigenvalue weighted by Gasteiger charge is 2.14. The molecule has 1 N–H and O–H groups in total. The molecule has 1 aromatic heterocycles. The van der Waals surface area contributed by atoms with Gasteiger partial charge in [-0.25, -0.2) is 9.97 Å². The van der Waals surface area contributed by atoms with E-state index in [0.717, 1.165) is 27.6 Å². The van der Waals surface area contributed by atoms with Gasteiger partial charge in [-0.1, -0.05) is 27.7 Å². The topological polar surface area (TPSA) is 37.8 Å². The molecule has 0 aliphatic carbocycles. The fourth-order valence-electron chi connectivity index (χ4n) is 1.37. The Morgan fingerprint density at radius 2 is 1.88 bits per heavy atom. The fourth-order valence-corrected chi connectivity index (χ4v) is 2.81. The van der Waals surface area contributed by atoms with Crippen LogP contribution >= 0.6 is 27.7 Å². The van der Waals surface area contributed by atoms with Crippen molar-refractivity contribution in [1.82, 2.24) is 9.97 Å². The molecule has 0 radical (unpaired) electrons. The molecule has 0 fully saturated rings. The Bertz CT molecular complexity index is 380. The van der Waals surface area contributed by atoms with Gasteiger partial charge in [0, 0.05) is 7.05 Å². The molecule has 1 heterocycles. The second-order valence-electron chi connectivity index (χ2n) is 4.45. The maximum atomic E-state index is 4.63. The summed E-state index contributed by atoms with van der Waals surface area (Å²) in [7, 11) is 1.89. The first-order chi connectivity index (χ1) is 7.95. The van der Waals surface area contributed by atoms with E-state index in [2.05, 4.69) is 58.9 Å². The molecule has 1 rings (SSSR count). The van der Waals surface area contributed by atoms with Crippen molar-refractivity contribution in [3.05, 3.63) is 16.0 Å². The first-order valence-corrected chi connectivity index (χ1v) is 7.65. The number of nitrogens with zero attached hydrogens (tertiary/aromatic N) is 2. The van der Waals surface area contributed by atoms with Crippen LogP contribution < -0.4 is 5.32 Å². The predicted octanol–water partition coefficient (Wildman–Crippen LogP) is 4.05. The van der Waals surface area contributed by atoms with E-state index in [1.165, 1.54) is 0 Å². The Labute approximate surface area is 116 Å². The fraction of sp³-hybridized carbons (Fsp3) is 0.667. The summed E-state index contributed by atoms with van der Waals surface area (Å²) < 4.78 is 0.980. The molecular formula is C12H20BrN3S. The molecule has 0 spiro atoms. The van der Waals surface area contributed by atoms with Gasteiger partial charge >= 0.3 is 0 Å². The van der Waals surface area contributed by atoms with Gasteiger partial charge in [-0.15, -0.1) is 0 Å². The van der Waals surface area contributed by atoms with Crippen molar-refractivity contribution in [2.45, 2.75) is 44.6 Å². The van der Waals surface area contributed by atoms with E-state index in [4.69, 9.17) is 0 Å². The molecule has 1 aromatic rings. The van der Waals surface area contributed by atoms with Crippen LogP contribution in [0.4, 0.5) is 5.82 Å². The zero-order valence-corrected chi connectivity index (χ0v) is 13.4. The van der Waals surface area contributed by atoms with Crippen molar-refractivity contribution in [2.75, 3.05) is 12.4 Å². The van der Waals surface area contributed by atoms with Gasteiger partial charge in [0.15, 0.2) is 0 Å². The van der Waals surface area contributed by atoms with E-state index >= 15 is 0 Å². The van der Waals surface area contributed by atoms with Crippen molar-refractivity contribution >= 4 is 33.5 Å². The summed E-state index contributed by atoms with van der Waals surface area (Å²) in [6.45, 7) is 8.66. The molecule has 5 heteroatoms. The van der Waals surface area contributed by atoms with Crippen molar-refractivity contribution < 1.29 is 0 Å². The van der Waals surface area contributed by atoms with E-state index in [9.17, 15) is 0 Å². The van der Waals surface area contributed by atoms with Crippen LogP contribution in [0.2, 0.25) is 0 Å². The Kier molecular flexibility index (Phi) is 5.73. The van der Waals surface area contributed by atoms with Crippen molar-refractivity contribution in [2.24, 2.45) is 0 Å². The Morgan fingerprint density at radius 3 is 2.35 bits per heavy atom. The van der Waals surface area contributed by atoms with Crippen LogP contribution in [0.3, 0.4) is 0 Å². The number of nitrogens with one attached hydrogen (secondary N) is 1. The second-order valence-corrected chi connectivity index (χ2v) is 6.81. The van der Waals surface area contributed by atoms with Crippen LogP contribution in [0, 0.1) is 0 Å². The number of aromatic nitrogens is 2. The lowest BCUT2D eigenvalue weighted by Crippen LogP contribution is -2.07. The lowest BCUT2D eigenvalue weighted by atomic mass is 10.1. The van der Waals surface area contributed by atoms with Crippen LogP contribution in [-0.4, -0.2) is 22.3 Å². The second kappa shape index (κ2) is 6.59. The third-order valence-corrected chi connectivity index (χ3v) is 4.13. The summed E-state index contributed by atoms with van der Waals surface area (Å²) in [5.41, 5.74) is 1.07. The van der Waals surface area contributed by atoms with Gasteiger partial charge in [0.05, 0.1) is 15.9 Å². The van der Waals surface area contributed by atoms with Gasteiger partial charge in [-0.3, -0.25) is 0 Å². The van der Waals surface area contributed by atoms with E-state index in [1.54, 1.807) is 0 Å². The Morgan fingerprint density at radius 1 is 1.24 bits per heavy atom. The predicted molar refractivity (Wildman–Crippen MR) is 79.8 cm³/mol. The van der Waals surface area contributed by atoms with Crippen molar-refractivity contribution in [3.8, 4) is 0 Å². The standard InChI is InChI=1S/C12H20BrN3S/c1-7(2)11-10(13)12(14-5)16-9(15-11)6-17-8(3)4/h7-8H,6H2,1-5H3,(H,14,15,16). The molecular weight excluding hydrogens is 298 g/mol. The number of thioether (sulfide) groups is 1. The Hall–Kier alpha value is -0.290. The molecule has 0 unspecified atom stereocenters. The molecule has 96 valence electrons. The smallest absolute Gasteiger partial charge is 0.144 e. The molecule has 0 saturated carbocycles. The average molecular weight is 318 g/mol. The molecule has 0 saturated heterocycles. The average Bonchev–Trinajstić information content (AvgIpc) is 2.27. The molecule has 0 amide bonds. The van der Waals surface area contributed by atoms with E-state index < -0.39 is 0 Å². The summed E-state index contributed by atoms with van der Waals surface area (Å²) in [6, 6.07) is 0. The Balaban J connectivity index is 3.03.